The molecule has 0 aromatic heterocycles. The zero-order valence-corrected chi connectivity index (χ0v) is 11.6. The number of amides is 1. The van der Waals surface area contributed by atoms with E-state index < -0.39 is 0 Å². The van der Waals surface area contributed by atoms with Crippen LogP contribution < -0.4 is 5.32 Å². The zero-order valence-electron chi connectivity index (χ0n) is 11.6. The molecule has 0 aliphatic heterocycles. The summed E-state index contributed by atoms with van der Waals surface area (Å²) in [5.74, 6) is -0.0887. The lowest BCUT2D eigenvalue weighted by atomic mass is 10.00. The molecule has 1 amide bonds. The van der Waals surface area contributed by atoms with E-state index in [2.05, 4.69) is 17.4 Å². The number of fused-ring (bicyclic) bond motifs is 1. The van der Waals surface area contributed by atoms with E-state index in [1.165, 1.54) is 11.1 Å². The van der Waals surface area contributed by atoms with Crippen LogP contribution in [0.3, 0.4) is 0 Å². The van der Waals surface area contributed by atoms with Gasteiger partial charge in [-0.15, -0.1) is 0 Å². The van der Waals surface area contributed by atoms with Crippen LogP contribution in [0.5, 0.6) is 0 Å². The Hall–Kier alpha value is -1.39. The Morgan fingerprint density at radius 1 is 1.32 bits per heavy atom. The molecule has 1 aliphatic rings. The third-order valence-corrected chi connectivity index (χ3v) is 3.62. The summed E-state index contributed by atoms with van der Waals surface area (Å²) < 4.78 is 10.8. The summed E-state index contributed by atoms with van der Waals surface area (Å²) in [5, 5.41) is 2.90. The number of methoxy groups -OCH3 is 1. The van der Waals surface area contributed by atoms with Gasteiger partial charge in [0, 0.05) is 33.1 Å². The predicted molar refractivity (Wildman–Crippen MR) is 73.1 cm³/mol. The first-order chi connectivity index (χ1) is 9.19. The van der Waals surface area contributed by atoms with E-state index in [4.69, 9.17) is 9.47 Å². The summed E-state index contributed by atoms with van der Waals surface area (Å²) in [7, 11) is 1.71. The standard InChI is InChI=1S/C15H21NO3/c1-3-19-10-14(17)16-11-15(18-2)8-12-6-4-5-7-13(12)9-15/h4-7H,3,8-11H2,1-2H3,(H,16,17). The number of rotatable bonds is 6. The second-order valence-electron chi connectivity index (χ2n) is 4.92. The van der Waals surface area contributed by atoms with Gasteiger partial charge < -0.3 is 14.8 Å². The first-order valence-electron chi connectivity index (χ1n) is 6.65. The SMILES string of the molecule is CCOCC(=O)NCC1(OC)Cc2ccccc2C1. The largest absolute Gasteiger partial charge is 0.376 e. The minimum atomic E-state index is -0.314. The molecule has 0 bridgehead atoms. The third kappa shape index (κ3) is 3.33. The summed E-state index contributed by atoms with van der Waals surface area (Å²) in [4.78, 5) is 11.6. The van der Waals surface area contributed by atoms with Crippen molar-refractivity contribution < 1.29 is 14.3 Å². The average Bonchev–Trinajstić information content (AvgIpc) is 2.82. The normalized spacial score (nSPS) is 16.1. The van der Waals surface area contributed by atoms with Gasteiger partial charge in [-0.25, -0.2) is 0 Å². The molecular weight excluding hydrogens is 242 g/mol. The maximum Gasteiger partial charge on any atom is 0.246 e. The van der Waals surface area contributed by atoms with Crippen LogP contribution in [-0.2, 0) is 27.1 Å². The van der Waals surface area contributed by atoms with E-state index in [9.17, 15) is 4.79 Å². The van der Waals surface area contributed by atoms with Crippen molar-refractivity contribution in [2.75, 3.05) is 26.9 Å². The van der Waals surface area contributed by atoms with Gasteiger partial charge in [0.25, 0.3) is 0 Å². The van der Waals surface area contributed by atoms with E-state index in [1.54, 1.807) is 7.11 Å². The molecule has 0 heterocycles. The van der Waals surface area contributed by atoms with Gasteiger partial charge in [-0.05, 0) is 18.1 Å². The van der Waals surface area contributed by atoms with E-state index in [0.29, 0.717) is 13.2 Å². The fraction of sp³-hybridized carbons (Fsp3) is 0.533. The van der Waals surface area contributed by atoms with Crippen LogP contribution in [0.15, 0.2) is 24.3 Å². The van der Waals surface area contributed by atoms with Gasteiger partial charge in [-0.1, -0.05) is 24.3 Å². The van der Waals surface area contributed by atoms with Crippen molar-refractivity contribution in [2.45, 2.75) is 25.4 Å². The second kappa shape index (κ2) is 6.17. The Bertz CT molecular complexity index is 420. The molecule has 19 heavy (non-hydrogen) atoms. The first kappa shape index (κ1) is 14.0. The molecule has 0 saturated heterocycles. The molecule has 0 saturated carbocycles. The topological polar surface area (TPSA) is 47.6 Å². The van der Waals surface area contributed by atoms with E-state index >= 15 is 0 Å². The highest BCUT2D eigenvalue weighted by atomic mass is 16.5. The second-order valence-corrected chi connectivity index (χ2v) is 4.92. The Morgan fingerprint density at radius 2 is 1.95 bits per heavy atom. The lowest BCUT2D eigenvalue weighted by Gasteiger charge is -2.27. The molecular formula is C15H21NO3. The molecule has 0 unspecified atom stereocenters. The molecule has 0 atom stereocenters. The quantitative estimate of drug-likeness (QED) is 0.842. The summed E-state index contributed by atoms with van der Waals surface area (Å²) in [5.41, 5.74) is 2.30. The molecule has 0 radical (unpaired) electrons. The molecule has 104 valence electrons. The van der Waals surface area contributed by atoms with E-state index in [1.807, 2.05) is 19.1 Å². The van der Waals surface area contributed by atoms with Crippen molar-refractivity contribution in [3.63, 3.8) is 0 Å². The van der Waals surface area contributed by atoms with Crippen molar-refractivity contribution in [2.24, 2.45) is 0 Å². The summed E-state index contributed by atoms with van der Waals surface area (Å²) >= 11 is 0. The van der Waals surface area contributed by atoms with Crippen LogP contribution in [0.25, 0.3) is 0 Å². The van der Waals surface area contributed by atoms with Gasteiger partial charge in [0.05, 0.1) is 5.60 Å². The van der Waals surface area contributed by atoms with Crippen LogP contribution in [0, 0.1) is 0 Å². The molecule has 0 fully saturated rings. The minimum absolute atomic E-state index is 0.0887. The highest BCUT2D eigenvalue weighted by Crippen LogP contribution is 2.31. The van der Waals surface area contributed by atoms with Crippen molar-refractivity contribution in [3.05, 3.63) is 35.4 Å². The van der Waals surface area contributed by atoms with Crippen molar-refractivity contribution in [3.8, 4) is 0 Å². The monoisotopic (exact) mass is 263 g/mol. The average molecular weight is 263 g/mol. The molecule has 1 aromatic rings. The minimum Gasteiger partial charge on any atom is -0.376 e. The molecule has 4 nitrogen and oxygen atoms in total. The number of hydrogen-bond donors (Lipinski definition) is 1. The van der Waals surface area contributed by atoms with E-state index in [-0.39, 0.29) is 18.1 Å². The van der Waals surface area contributed by atoms with Crippen LogP contribution in [0.2, 0.25) is 0 Å². The Morgan fingerprint density at radius 3 is 2.47 bits per heavy atom. The Labute approximate surface area is 114 Å². The molecule has 4 heteroatoms. The summed E-state index contributed by atoms with van der Waals surface area (Å²) in [6, 6.07) is 8.33. The third-order valence-electron chi connectivity index (χ3n) is 3.62. The molecule has 1 aromatic carbocycles. The van der Waals surface area contributed by atoms with Gasteiger partial charge >= 0.3 is 0 Å². The number of nitrogens with one attached hydrogen (secondary N) is 1. The number of hydrogen-bond acceptors (Lipinski definition) is 3. The Kier molecular flexibility index (Phi) is 4.56. The lowest BCUT2D eigenvalue weighted by Crippen LogP contribution is -2.46. The van der Waals surface area contributed by atoms with Gasteiger partial charge in [-0.2, -0.15) is 0 Å². The van der Waals surface area contributed by atoms with Crippen molar-refractivity contribution in [1.82, 2.24) is 5.32 Å². The fourth-order valence-electron chi connectivity index (χ4n) is 2.51. The van der Waals surface area contributed by atoms with E-state index in [0.717, 1.165) is 12.8 Å². The van der Waals surface area contributed by atoms with Gasteiger partial charge in [0.1, 0.15) is 6.61 Å². The lowest BCUT2D eigenvalue weighted by molar-refractivity contribution is -0.127. The number of benzene rings is 1. The molecule has 2 rings (SSSR count). The maximum absolute atomic E-state index is 11.6. The van der Waals surface area contributed by atoms with Crippen LogP contribution in [-0.4, -0.2) is 38.4 Å². The summed E-state index contributed by atoms with van der Waals surface area (Å²) in [6.45, 7) is 3.05. The van der Waals surface area contributed by atoms with Gasteiger partial charge in [-0.3, -0.25) is 4.79 Å². The molecule has 0 spiro atoms. The highest BCUT2D eigenvalue weighted by Gasteiger charge is 2.37. The van der Waals surface area contributed by atoms with Crippen LogP contribution in [0.4, 0.5) is 0 Å². The van der Waals surface area contributed by atoms with Gasteiger partial charge in [0.15, 0.2) is 0 Å². The summed E-state index contributed by atoms with van der Waals surface area (Å²) in [6.07, 6.45) is 1.68. The van der Waals surface area contributed by atoms with Crippen LogP contribution >= 0.6 is 0 Å². The number of ether oxygens (including phenoxy) is 2. The van der Waals surface area contributed by atoms with Gasteiger partial charge in [0.2, 0.25) is 5.91 Å². The number of carbonyl (C=O) groups excluding carboxylic acids is 1. The first-order valence-corrected chi connectivity index (χ1v) is 6.65. The predicted octanol–water partition coefficient (Wildman–Crippen LogP) is 1.32. The van der Waals surface area contributed by atoms with Crippen molar-refractivity contribution in [1.29, 1.82) is 0 Å². The zero-order chi connectivity index (χ0) is 13.7. The van der Waals surface area contributed by atoms with Crippen molar-refractivity contribution >= 4 is 5.91 Å². The molecule has 1 aliphatic carbocycles. The molecule has 1 N–H and O–H groups in total. The smallest absolute Gasteiger partial charge is 0.246 e. The number of carbonyl (C=O) groups is 1. The Balaban J connectivity index is 1.93. The van der Waals surface area contributed by atoms with Crippen LogP contribution in [0.1, 0.15) is 18.1 Å². The highest BCUT2D eigenvalue weighted by molar-refractivity contribution is 5.77. The maximum atomic E-state index is 11.6. The fourth-order valence-corrected chi connectivity index (χ4v) is 2.51.